The van der Waals surface area contributed by atoms with Crippen molar-refractivity contribution in [2.75, 3.05) is 7.11 Å². The Morgan fingerprint density at radius 3 is 2.81 bits per heavy atom. The Hall–Kier alpha value is -3.31. The molecule has 0 amide bonds. The van der Waals surface area contributed by atoms with Crippen LogP contribution in [0.15, 0.2) is 63.7 Å². The van der Waals surface area contributed by atoms with E-state index in [2.05, 4.69) is 22.0 Å². The van der Waals surface area contributed by atoms with E-state index in [1.807, 2.05) is 0 Å². The first-order valence-electron chi connectivity index (χ1n) is 10.0. The quantitative estimate of drug-likeness (QED) is 0.623. The number of hydrogen-bond donors (Lipinski definition) is 1. The van der Waals surface area contributed by atoms with E-state index < -0.39 is 5.92 Å². The molecule has 1 aliphatic heterocycles. The van der Waals surface area contributed by atoms with Gasteiger partial charge in [0.15, 0.2) is 17.3 Å². The van der Waals surface area contributed by atoms with Crippen LogP contribution in [0.25, 0.3) is 0 Å². The second-order valence-corrected chi connectivity index (χ2v) is 8.31. The van der Waals surface area contributed by atoms with Crippen LogP contribution in [0.4, 0.5) is 4.39 Å². The molecule has 164 valence electrons. The van der Waals surface area contributed by atoms with Gasteiger partial charge in [-0.2, -0.15) is 5.26 Å². The Morgan fingerprint density at radius 1 is 1.31 bits per heavy atom. The third-order valence-electron chi connectivity index (χ3n) is 5.52. The predicted molar refractivity (Wildman–Crippen MR) is 118 cm³/mol. The molecule has 2 aliphatic rings. The van der Waals surface area contributed by atoms with Crippen molar-refractivity contribution in [1.29, 1.82) is 5.26 Å². The highest BCUT2D eigenvalue weighted by molar-refractivity contribution is 9.10. The molecule has 0 saturated carbocycles. The number of carbonyl (C=O) groups is 1. The first-order valence-corrected chi connectivity index (χ1v) is 10.8. The van der Waals surface area contributed by atoms with Crippen LogP contribution >= 0.6 is 15.9 Å². The van der Waals surface area contributed by atoms with Gasteiger partial charge in [0, 0.05) is 24.0 Å². The Kier molecular flexibility index (Phi) is 6.19. The second-order valence-electron chi connectivity index (χ2n) is 7.45. The van der Waals surface area contributed by atoms with Crippen molar-refractivity contribution >= 4 is 21.7 Å². The maximum atomic E-state index is 14.0. The lowest BCUT2D eigenvalue weighted by molar-refractivity contribution is -0.116. The molecule has 0 unspecified atom stereocenters. The molecule has 0 spiro atoms. The zero-order valence-corrected chi connectivity index (χ0v) is 18.9. The van der Waals surface area contributed by atoms with Gasteiger partial charge in [-0.05, 0) is 46.1 Å². The molecule has 2 aromatic carbocycles. The zero-order valence-electron chi connectivity index (χ0n) is 17.3. The normalized spacial score (nSPS) is 18.1. The van der Waals surface area contributed by atoms with Crippen molar-refractivity contribution < 1.29 is 23.4 Å². The smallest absolute Gasteiger partial charge is 0.205 e. The van der Waals surface area contributed by atoms with Crippen molar-refractivity contribution in [3.05, 3.63) is 80.6 Å². The number of rotatable bonds is 5. The van der Waals surface area contributed by atoms with E-state index in [4.69, 9.17) is 19.9 Å². The van der Waals surface area contributed by atoms with Gasteiger partial charge >= 0.3 is 0 Å². The van der Waals surface area contributed by atoms with E-state index in [1.165, 1.54) is 13.2 Å². The van der Waals surface area contributed by atoms with Gasteiger partial charge in [-0.3, -0.25) is 4.79 Å². The summed E-state index contributed by atoms with van der Waals surface area (Å²) in [6.45, 7) is 0.00231. The van der Waals surface area contributed by atoms with Crippen LogP contribution in [0.2, 0.25) is 0 Å². The monoisotopic (exact) mass is 498 g/mol. The van der Waals surface area contributed by atoms with Crippen LogP contribution in [-0.2, 0) is 16.1 Å². The summed E-state index contributed by atoms with van der Waals surface area (Å²) in [6, 6.07) is 11.9. The number of ketones is 1. The molecule has 1 atom stereocenters. The fourth-order valence-electron chi connectivity index (χ4n) is 4.00. The van der Waals surface area contributed by atoms with Crippen molar-refractivity contribution in [2.24, 2.45) is 5.73 Å². The SMILES string of the molecule is COc1cc([C@H]2C(C#N)=C(N)OC3=C2C(=O)CCC3)cc(Br)c1OCc1ccccc1F. The summed E-state index contributed by atoms with van der Waals surface area (Å²) < 4.78 is 31.5. The lowest BCUT2D eigenvalue weighted by Crippen LogP contribution is -2.27. The summed E-state index contributed by atoms with van der Waals surface area (Å²) in [6.07, 6.45) is 1.65. The highest BCUT2D eigenvalue weighted by Gasteiger charge is 2.38. The minimum Gasteiger partial charge on any atom is -0.493 e. The first-order chi connectivity index (χ1) is 15.4. The van der Waals surface area contributed by atoms with E-state index in [-0.39, 0.29) is 29.7 Å². The Labute approximate surface area is 193 Å². The molecular formula is C24H20BrFN2O4. The van der Waals surface area contributed by atoms with Gasteiger partial charge in [-0.15, -0.1) is 0 Å². The number of hydrogen-bond acceptors (Lipinski definition) is 6. The molecular weight excluding hydrogens is 479 g/mol. The average molecular weight is 499 g/mol. The highest BCUT2D eigenvalue weighted by Crippen LogP contribution is 2.47. The van der Waals surface area contributed by atoms with Gasteiger partial charge in [0.05, 0.1) is 17.5 Å². The molecule has 0 bridgehead atoms. The molecule has 0 saturated heterocycles. The Bertz CT molecular complexity index is 1200. The number of methoxy groups -OCH3 is 1. The molecule has 1 aliphatic carbocycles. The number of carbonyl (C=O) groups excluding carboxylic acids is 1. The van der Waals surface area contributed by atoms with Crippen molar-refractivity contribution in [3.63, 3.8) is 0 Å². The van der Waals surface area contributed by atoms with Crippen LogP contribution in [0, 0.1) is 17.1 Å². The van der Waals surface area contributed by atoms with E-state index in [0.717, 1.165) is 0 Å². The van der Waals surface area contributed by atoms with Gasteiger partial charge < -0.3 is 19.9 Å². The van der Waals surface area contributed by atoms with Gasteiger partial charge in [0.25, 0.3) is 0 Å². The highest BCUT2D eigenvalue weighted by atomic mass is 79.9. The third kappa shape index (κ3) is 3.96. The minimum absolute atomic E-state index is 0.000851. The van der Waals surface area contributed by atoms with Crippen LogP contribution in [0.3, 0.4) is 0 Å². The van der Waals surface area contributed by atoms with E-state index >= 15 is 0 Å². The summed E-state index contributed by atoms with van der Waals surface area (Å²) in [5.41, 5.74) is 7.69. The number of benzene rings is 2. The van der Waals surface area contributed by atoms with E-state index in [1.54, 1.807) is 30.3 Å². The van der Waals surface area contributed by atoms with Crippen LogP contribution < -0.4 is 15.2 Å². The molecule has 2 N–H and O–H groups in total. The summed E-state index contributed by atoms with van der Waals surface area (Å²) >= 11 is 3.50. The maximum Gasteiger partial charge on any atom is 0.205 e. The van der Waals surface area contributed by atoms with Gasteiger partial charge in [-0.25, -0.2) is 4.39 Å². The second kappa shape index (κ2) is 9.05. The molecule has 32 heavy (non-hydrogen) atoms. The third-order valence-corrected chi connectivity index (χ3v) is 6.11. The number of ether oxygens (including phenoxy) is 3. The van der Waals surface area contributed by atoms with Crippen LogP contribution in [-0.4, -0.2) is 12.9 Å². The minimum atomic E-state index is -0.664. The molecule has 0 aromatic heterocycles. The summed E-state index contributed by atoms with van der Waals surface area (Å²) in [5, 5.41) is 9.75. The summed E-state index contributed by atoms with van der Waals surface area (Å²) in [5.74, 6) is 0.174. The van der Waals surface area contributed by atoms with Crippen molar-refractivity contribution in [1.82, 2.24) is 0 Å². The standard InChI is InChI=1S/C24H20BrFN2O4/c1-30-20-10-14(9-16(25)23(20)31-12-13-5-2-3-6-17(13)26)21-15(11-27)24(28)32-19-8-4-7-18(29)22(19)21/h2-3,5-6,9-10,21H,4,7-8,12,28H2,1H3/t21-/m0/s1. The molecule has 0 radical (unpaired) electrons. The van der Waals surface area contributed by atoms with Crippen molar-refractivity contribution in [3.8, 4) is 17.6 Å². The summed E-state index contributed by atoms with van der Waals surface area (Å²) in [7, 11) is 1.48. The largest absolute Gasteiger partial charge is 0.493 e. The van der Waals surface area contributed by atoms with Gasteiger partial charge in [-0.1, -0.05) is 18.2 Å². The molecule has 4 rings (SSSR count). The number of halogens is 2. The Balaban J connectivity index is 1.75. The topological polar surface area (TPSA) is 94.6 Å². The number of nitriles is 1. The fourth-order valence-corrected chi connectivity index (χ4v) is 4.58. The van der Waals surface area contributed by atoms with Crippen LogP contribution in [0.1, 0.15) is 36.3 Å². The summed E-state index contributed by atoms with van der Waals surface area (Å²) in [4.78, 5) is 12.8. The molecule has 0 fully saturated rings. The lowest BCUT2D eigenvalue weighted by Gasteiger charge is -2.31. The predicted octanol–water partition coefficient (Wildman–Crippen LogP) is 4.99. The van der Waals surface area contributed by atoms with E-state index in [0.29, 0.717) is 57.7 Å². The van der Waals surface area contributed by atoms with Crippen molar-refractivity contribution in [2.45, 2.75) is 31.8 Å². The number of nitrogens with zero attached hydrogens (tertiary/aromatic N) is 1. The fraction of sp³-hybridized carbons (Fsp3) is 0.250. The molecule has 2 aromatic rings. The average Bonchev–Trinajstić information content (AvgIpc) is 2.78. The molecule has 6 nitrogen and oxygen atoms in total. The number of Topliss-reactive ketones (excluding diaryl/α,β-unsaturated/α-hetero) is 1. The Morgan fingerprint density at radius 2 is 2.09 bits per heavy atom. The van der Waals surface area contributed by atoms with Crippen LogP contribution in [0.5, 0.6) is 11.5 Å². The van der Waals surface area contributed by atoms with Gasteiger partial charge in [0.1, 0.15) is 29.8 Å². The maximum absolute atomic E-state index is 14.0. The zero-order chi connectivity index (χ0) is 22.8. The lowest BCUT2D eigenvalue weighted by atomic mass is 9.77. The molecule has 1 heterocycles. The number of nitrogens with two attached hydrogens (primary N) is 1. The van der Waals surface area contributed by atoms with E-state index in [9.17, 15) is 14.4 Å². The van der Waals surface area contributed by atoms with Gasteiger partial charge in [0.2, 0.25) is 5.88 Å². The molecule has 8 heteroatoms. The first kappa shape index (κ1) is 21.9. The number of allylic oxidation sites excluding steroid dienone is 3.